The van der Waals surface area contributed by atoms with Crippen LogP contribution < -0.4 is 10.2 Å². The Morgan fingerprint density at radius 3 is 2.88 bits per heavy atom. The number of halogens is 1. The van der Waals surface area contributed by atoms with Gasteiger partial charge in [0.15, 0.2) is 11.5 Å². The number of fused-ring (bicyclic) bond motifs is 1. The van der Waals surface area contributed by atoms with Gasteiger partial charge in [-0.3, -0.25) is 0 Å². The third kappa shape index (κ3) is 3.96. The van der Waals surface area contributed by atoms with Gasteiger partial charge in [0.1, 0.15) is 35.0 Å². The van der Waals surface area contributed by atoms with Crippen LogP contribution in [0.15, 0.2) is 18.7 Å². The zero-order valence-electron chi connectivity index (χ0n) is 17.5. The zero-order valence-corrected chi connectivity index (χ0v) is 18.3. The molecule has 0 amide bonds. The lowest BCUT2D eigenvalue weighted by molar-refractivity contribution is -0.00422. The molecule has 170 valence electrons. The summed E-state index contributed by atoms with van der Waals surface area (Å²) in [7, 11) is 1.59. The molecule has 0 spiro atoms. The van der Waals surface area contributed by atoms with E-state index < -0.39 is 12.2 Å². The van der Waals surface area contributed by atoms with Crippen LogP contribution in [0.25, 0.3) is 11.2 Å². The van der Waals surface area contributed by atoms with Crippen LogP contribution in [0.5, 0.6) is 0 Å². The Balaban J connectivity index is 1.33. The van der Waals surface area contributed by atoms with Crippen LogP contribution in [-0.4, -0.2) is 85.2 Å². The molecule has 3 aromatic heterocycles. The topological polar surface area (TPSA) is 145 Å². The van der Waals surface area contributed by atoms with Crippen molar-refractivity contribution in [3.8, 4) is 0 Å². The van der Waals surface area contributed by atoms with Gasteiger partial charge in [0.05, 0.1) is 18.8 Å². The van der Waals surface area contributed by atoms with E-state index >= 15 is 0 Å². The van der Waals surface area contributed by atoms with Crippen LogP contribution in [0.2, 0.25) is 5.15 Å². The number of anilines is 2. The van der Waals surface area contributed by atoms with Gasteiger partial charge in [-0.05, 0) is 12.8 Å². The molecule has 4 heterocycles. The normalized spacial score (nSPS) is 28.0. The minimum absolute atomic E-state index is 0.142. The number of nitrogens with zero attached hydrogens (tertiary/aromatic N) is 6. The highest BCUT2D eigenvalue weighted by Gasteiger charge is 2.43. The van der Waals surface area contributed by atoms with E-state index in [9.17, 15) is 10.2 Å². The number of ether oxygens (including phenoxy) is 1. The van der Waals surface area contributed by atoms with Gasteiger partial charge in [0, 0.05) is 44.1 Å². The first kappa shape index (κ1) is 21.3. The first-order valence-electron chi connectivity index (χ1n) is 10.6. The predicted molar refractivity (Wildman–Crippen MR) is 118 cm³/mol. The fraction of sp³-hybridized carbons (Fsp3) is 0.550. The number of nitrogens with one attached hydrogen (secondary N) is 2. The number of imidazole rings is 1. The number of aliphatic hydroxyl groups excluding tert-OH is 2. The van der Waals surface area contributed by atoms with Crippen molar-refractivity contribution in [2.45, 2.75) is 37.0 Å². The van der Waals surface area contributed by atoms with Gasteiger partial charge in [-0.15, -0.1) is 0 Å². The number of hydrogen-bond donors (Lipinski definition) is 4. The minimum atomic E-state index is -0.914. The molecule has 1 aliphatic heterocycles. The van der Waals surface area contributed by atoms with Crippen LogP contribution in [0.4, 0.5) is 11.6 Å². The van der Waals surface area contributed by atoms with Crippen LogP contribution in [0.3, 0.4) is 0 Å². The summed E-state index contributed by atoms with van der Waals surface area (Å²) < 4.78 is 5.17. The molecule has 0 bridgehead atoms. The van der Waals surface area contributed by atoms with Crippen LogP contribution in [0, 0.1) is 5.92 Å². The molecule has 0 aromatic carbocycles. The van der Waals surface area contributed by atoms with Crippen molar-refractivity contribution in [3.05, 3.63) is 29.7 Å². The standard InChI is InChI=1S/C20H25ClN8O3/c1-32-7-10-4-12(17(31)16(10)30)18-27-15-19(24-9-25-20(15)28-18)26-11-2-3-29(6-11)14-5-13(21)22-8-23-14/h5,8-12,16-17,30-31H,2-4,6-7H2,1H3,(H2,24,25,26,27,28)/t10-,11+,12+,16+,17-/m1/s1. The maximum absolute atomic E-state index is 10.5. The molecule has 2 fully saturated rings. The minimum Gasteiger partial charge on any atom is -0.390 e. The lowest BCUT2D eigenvalue weighted by atomic mass is 10.0. The van der Waals surface area contributed by atoms with Gasteiger partial charge < -0.3 is 30.2 Å². The highest BCUT2D eigenvalue weighted by atomic mass is 35.5. The molecule has 4 N–H and O–H groups in total. The van der Waals surface area contributed by atoms with Gasteiger partial charge in [-0.25, -0.2) is 24.9 Å². The second kappa shape index (κ2) is 8.74. The molecule has 1 saturated heterocycles. The second-order valence-corrected chi connectivity index (χ2v) is 8.74. The Labute approximate surface area is 189 Å². The molecule has 1 aliphatic carbocycles. The van der Waals surface area contributed by atoms with Crippen molar-refractivity contribution in [1.82, 2.24) is 29.9 Å². The zero-order chi connectivity index (χ0) is 22.2. The van der Waals surface area contributed by atoms with E-state index in [0.717, 1.165) is 25.3 Å². The van der Waals surface area contributed by atoms with Gasteiger partial charge in [0.25, 0.3) is 0 Å². The smallest absolute Gasteiger partial charge is 0.183 e. The third-order valence-electron chi connectivity index (χ3n) is 6.31. The second-order valence-electron chi connectivity index (χ2n) is 8.36. The van der Waals surface area contributed by atoms with E-state index in [1.807, 2.05) is 0 Å². The van der Waals surface area contributed by atoms with Gasteiger partial charge in [-0.1, -0.05) is 11.6 Å². The number of rotatable bonds is 6. The van der Waals surface area contributed by atoms with E-state index in [-0.39, 0.29) is 17.9 Å². The lowest BCUT2D eigenvalue weighted by Gasteiger charge is -2.18. The van der Waals surface area contributed by atoms with Crippen molar-refractivity contribution in [2.24, 2.45) is 5.92 Å². The van der Waals surface area contributed by atoms with Gasteiger partial charge in [0.2, 0.25) is 0 Å². The Hall–Kier alpha value is -2.60. The monoisotopic (exact) mass is 460 g/mol. The fourth-order valence-corrected chi connectivity index (χ4v) is 4.83. The summed E-state index contributed by atoms with van der Waals surface area (Å²) in [5.41, 5.74) is 1.20. The van der Waals surface area contributed by atoms with E-state index in [1.165, 1.54) is 12.7 Å². The largest absolute Gasteiger partial charge is 0.390 e. The molecule has 0 radical (unpaired) electrons. The molecule has 2 aliphatic rings. The van der Waals surface area contributed by atoms with Crippen LogP contribution in [-0.2, 0) is 4.74 Å². The predicted octanol–water partition coefficient (Wildman–Crippen LogP) is 0.959. The van der Waals surface area contributed by atoms with Crippen molar-refractivity contribution in [3.63, 3.8) is 0 Å². The van der Waals surface area contributed by atoms with Crippen molar-refractivity contribution in [1.29, 1.82) is 0 Å². The molecule has 5 atom stereocenters. The molecular formula is C20H25ClN8O3. The SMILES string of the molecule is COC[C@H]1C[C@H](c2nc3ncnc(N[C@H]4CCN(c5cc(Cl)ncn5)C4)c3[nH]2)[C@@H](O)[C@H]1O. The Morgan fingerprint density at radius 1 is 1.22 bits per heavy atom. The Morgan fingerprint density at radius 2 is 2.06 bits per heavy atom. The molecule has 1 saturated carbocycles. The first-order chi connectivity index (χ1) is 15.5. The summed E-state index contributed by atoms with van der Waals surface area (Å²) in [5, 5.41) is 24.8. The maximum atomic E-state index is 10.5. The number of aromatic amines is 1. The quantitative estimate of drug-likeness (QED) is 0.392. The van der Waals surface area contributed by atoms with E-state index in [2.05, 4.69) is 40.1 Å². The maximum Gasteiger partial charge on any atom is 0.183 e. The third-order valence-corrected chi connectivity index (χ3v) is 6.52. The number of methoxy groups -OCH3 is 1. The highest BCUT2D eigenvalue weighted by molar-refractivity contribution is 6.29. The summed E-state index contributed by atoms with van der Waals surface area (Å²) in [6.45, 7) is 1.96. The summed E-state index contributed by atoms with van der Waals surface area (Å²) >= 11 is 5.99. The number of hydrogen-bond acceptors (Lipinski definition) is 10. The van der Waals surface area contributed by atoms with Gasteiger partial charge in [-0.2, -0.15) is 0 Å². The highest BCUT2D eigenvalue weighted by Crippen LogP contribution is 2.38. The summed E-state index contributed by atoms with van der Waals surface area (Å²) in [4.78, 5) is 26.9. The number of aromatic nitrogens is 6. The Kier molecular flexibility index (Phi) is 5.80. The van der Waals surface area contributed by atoms with Crippen molar-refractivity contribution in [2.75, 3.05) is 37.0 Å². The van der Waals surface area contributed by atoms with E-state index in [0.29, 0.717) is 41.0 Å². The molecule has 12 heteroatoms. The first-order valence-corrected chi connectivity index (χ1v) is 11.0. The summed E-state index contributed by atoms with van der Waals surface area (Å²) in [6.07, 6.45) is 2.65. The van der Waals surface area contributed by atoms with E-state index in [1.54, 1.807) is 13.2 Å². The van der Waals surface area contributed by atoms with E-state index in [4.69, 9.17) is 16.3 Å². The lowest BCUT2D eigenvalue weighted by Crippen LogP contribution is -2.29. The average Bonchev–Trinajstić information content (AvgIpc) is 3.49. The summed E-state index contributed by atoms with van der Waals surface area (Å²) in [5.74, 6) is 1.58. The molecule has 0 unspecified atom stereocenters. The summed E-state index contributed by atoms with van der Waals surface area (Å²) in [6, 6.07) is 1.91. The fourth-order valence-electron chi connectivity index (χ4n) is 4.68. The molecule has 32 heavy (non-hydrogen) atoms. The number of H-pyrrole nitrogens is 1. The average molecular weight is 461 g/mol. The van der Waals surface area contributed by atoms with Crippen LogP contribution >= 0.6 is 11.6 Å². The Bertz CT molecular complexity index is 1100. The molecular weight excluding hydrogens is 436 g/mol. The van der Waals surface area contributed by atoms with Crippen LogP contribution in [0.1, 0.15) is 24.6 Å². The molecule has 11 nitrogen and oxygen atoms in total. The van der Waals surface area contributed by atoms with Gasteiger partial charge >= 0.3 is 0 Å². The van der Waals surface area contributed by atoms with Crippen molar-refractivity contribution >= 4 is 34.4 Å². The molecule has 3 aromatic rings. The number of aliphatic hydroxyl groups is 2. The molecule has 5 rings (SSSR count). The van der Waals surface area contributed by atoms with Crippen molar-refractivity contribution < 1.29 is 14.9 Å².